The van der Waals surface area contributed by atoms with E-state index in [0.717, 1.165) is 5.92 Å². The van der Waals surface area contributed by atoms with E-state index in [1.165, 1.54) is 44.9 Å². The second kappa shape index (κ2) is 4.43. The highest BCUT2D eigenvalue weighted by Gasteiger charge is 2.26. The molecule has 2 N–H and O–H groups in total. The second-order valence-corrected chi connectivity index (χ2v) is 4.71. The summed E-state index contributed by atoms with van der Waals surface area (Å²) in [6.45, 7) is 0.321. The van der Waals surface area contributed by atoms with Crippen molar-refractivity contribution >= 4 is 0 Å². The maximum Gasteiger partial charge on any atom is 0.0584 e. The van der Waals surface area contributed by atoms with E-state index >= 15 is 0 Å². The molecule has 2 atom stereocenters. The third-order valence-corrected chi connectivity index (χ3v) is 3.65. The molecule has 1 saturated heterocycles. The van der Waals surface area contributed by atoms with Crippen LogP contribution in [0.3, 0.4) is 0 Å². The molecule has 2 unspecified atom stereocenters. The first-order chi connectivity index (χ1) is 6.38. The van der Waals surface area contributed by atoms with E-state index in [1.807, 2.05) is 0 Å². The summed E-state index contributed by atoms with van der Waals surface area (Å²) in [7, 11) is 0. The first-order valence-electron chi connectivity index (χ1n) is 5.75. The Bertz CT molecular complexity index is 154. The molecule has 1 aliphatic heterocycles. The van der Waals surface area contributed by atoms with E-state index in [0.29, 0.717) is 18.7 Å². The molecule has 2 fully saturated rings. The highest BCUT2D eigenvalue weighted by atomic mass is 16.3. The summed E-state index contributed by atoms with van der Waals surface area (Å²) < 4.78 is 0. The predicted molar refractivity (Wildman–Crippen MR) is 53.6 cm³/mol. The summed E-state index contributed by atoms with van der Waals surface area (Å²) in [6.07, 6.45) is 9.59. The van der Waals surface area contributed by atoms with Crippen LogP contribution in [0.5, 0.6) is 0 Å². The van der Waals surface area contributed by atoms with E-state index in [1.54, 1.807) is 0 Å². The molecule has 2 nitrogen and oxygen atoms in total. The van der Waals surface area contributed by atoms with Crippen LogP contribution in [0, 0.1) is 5.92 Å². The number of aliphatic hydroxyl groups is 1. The quantitative estimate of drug-likeness (QED) is 0.697. The van der Waals surface area contributed by atoms with Gasteiger partial charge in [0.15, 0.2) is 0 Å². The summed E-state index contributed by atoms with van der Waals surface area (Å²) in [5, 5.41) is 12.5. The second-order valence-electron chi connectivity index (χ2n) is 4.71. The van der Waals surface area contributed by atoms with Crippen LogP contribution in [0.4, 0.5) is 0 Å². The average Bonchev–Trinajstić information content (AvgIpc) is 2.76. The summed E-state index contributed by atoms with van der Waals surface area (Å²) in [4.78, 5) is 0. The third kappa shape index (κ3) is 2.44. The van der Waals surface area contributed by atoms with Gasteiger partial charge in [-0.1, -0.05) is 25.7 Å². The topological polar surface area (TPSA) is 32.3 Å². The maximum absolute atomic E-state index is 8.98. The van der Waals surface area contributed by atoms with Crippen LogP contribution in [-0.4, -0.2) is 23.8 Å². The van der Waals surface area contributed by atoms with Crippen molar-refractivity contribution in [1.29, 1.82) is 0 Å². The molecular weight excluding hydrogens is 162 g/mol. The van der Waals surface area contributed by atoms with E-state index in [-0.39, 0.29) is 0 Å². The van der Waals surface area contributed by atoms with Crippen LogP contribution >= 0.6 is 0 Å². The molecule has 2 heteroatoms. The van der Waals surface area contributed by atoms with Gasteiger partial charge in [-0.3, -0.25) is 0 Å². The summed E-state index contributed by atoms with van der Waals surface area (Å²) >= 11 is 0. The van der Waals surface area contributed by atoms with Gasteiger partial charge in [0.05, 0.1) is 6.61 Å². The van der Waals surface area contributed by atoms with Crippen molar-refractivity contribution < 1.29 is 5.11 Å². The van der Waals surface area contributed by atoms with Crippen LogP contribution in [0.2, 0.25) is 0 Å². The lowest BCUT2D eigenvalue weighted by molar-refractivity contribution is 0.249. The Balaban J connectivity index is 1.70. The Morgan fingerprint density at radius 1 is 1.00 bits per heavy atom. The van der Waals surface area contributed by atoms with E-state index in [4.69, 9.17) is 5.11 Å². The van der Waals surface area contributed by atoms with Crippen LogP contribution in [-0.2, 0) is 0 Å². The fourth-order valence-electron chi connectivity index (χ4n) is 2.88. The van der Waals surface area contributed by atoms with Gasteiger partial charge in [-0.15, -0.1) is 0 Å². The monoisotopic (exact) mass is 183 g/mol. The molecule has 0 aromatic carbocycles. The minimum Gasteiger partial charge on any atom is -0.395 e. The Morgan fingerprint density at radius 3 is 2.31 bits per heavy atom. The molecule has 0 amide bonds. The summed E-state index contributed by atoms with van der Waals surface area (Å²) in [5.74, 6) is 0.981. The third-order valence-electron chi connectivity index (χ3n) is 3.65. The fourth-order valence-corrected chi connectivity index (χ4v) is 2.88. The number of hydrogen-bond donors (Lipinski definition) is 2. The fraction of sp³-hybridized carbons (Fsp3) is 1.00. The van der Waals surface area contributed by atoms with E-state index in [9.17, 15) is 0 Å². The maximum atomic E-state index is 8.98. The van der Waals surface area contributed by atoms with Gasteiger partial charge in [0, 0.05) is 12.1 Å². The van der Waals surface area contributed by atoms with Gasteiger partial charge in [0.2, 0.25) is 0 Å². The molecule has 0 aromatic heterocycles. The molecule has 76 valence electrons. The smallest absolute Gasteiger partial charge is 0.0584 e. The standard InChI is InChI=1S/C11H21NO/c13-8-11-6-5-10(12-11)7-9-3-1-2-4-9/h9-13H,1-8H2. The number of aliphatic hydroxyl groups excluding tert-OH is 1. The molecule has 1 saturated carbocycles. The molecule has 1 aliphatic carbocycles. The molecule has 0 bridgehead atoms. The highest BCUT2D eigenvalue weighted by molar-refractivity contribution is 4.85. The minimum absolute atomic E-state index is 0.321. The largest absolute Gasteiger partial charge is 0.395 e. The van der Waals surface area contributed by atoms with Crippen molar-refractivity contribution in [3.8, 4) is 0 Å². The molecular formula is C11H21NO. The van der Waals surface area contributed by atoms with Crippen molar-refractivity contribution in [3.05, 3.63) is 0 Å². The zero-order valence-electron chi connectivity index (χ0n) is 8.34. The molecule has 0 spiro atoms. The number of hydrogen-bond acceptors (Lipinski definition) is 2. The van der Waals surface area contributed by atoms with E-state index in [2.05, 4.69) is 5.32 Å². The zero-order valence-corrected chi connectivity index (χ0v) is 8.34. The number of rotatable bonds is 3. The van der Waals surface area contributed by atoms with Gasteiger partial charge in [0.25, 0.3) is 0 Å². The Morgan fingerprint density at radius 2 is 1.69 bits per heavy atom. The first-order valence-corrected chi connectivity index (χ1v) is 5.75. The van der Waals surface area contributed by atoms with Crippen LogP contribution in [0.1, 0.15) is 44.9 Å². The molecule has 1 heterocycles. The van der Waals surface area contributed by atoms with Crippen LogP contribution in [0.25, 0.3) is 0 Å². The van der Waals surface area contributed by atoms with Gasteiger partial charge < -0.3 is 10.4 Å². The van der Waals surface area contributed by atoms with Gasteiger partial charge in [-0.25, -0.2) is 0 Å². The molecule has 2 rings (SSSR count). The molecule has 0 radical (unpaired) electrons. The van der Waals surface area contributed by atoms with Crippen molar-refractivity contribution in [3.63, 3.8) is 0 Å². The molecule has 0 aromatic rings. The normalized spacial score (nSPS) is 35.8. The summed E-state index contributed by atoms with van der Waals surface area (Å²) in [6, 6.07) is 1.10. The van der Waals surface area contributed by atoms with Crippen molar-refractivity contribution in [2.24, 2.45) is 5.92 Å². The van der Waals surface area contributed by atoms with Crippen LogP contribution in [0.15, 0.2) is 0 Å². The van der Waals surface area contributed by atoms with E-state index < -0.39 is 0 Å². The van der Waals surface area contributed by atoms with Gasteiger partial charge >= 0.3 is 0 Å². The Labute approximate surface area is 80.7 Å². The van der Waals surface area contributed by atoms with Crippen molar-refractivity contribution in [2.75, 3.05) is 6.61 Å². The van der Waals surface area contributed by atoms with Crippen LogP contribution < -0.4 is 5.32 Å². The number of nitrogens with one attached hydrogen (secondary N) is 1. The summed E-state index contributed by atoms with van der Waals surface area (Å²) in [5.41, 5.74) is 0. The van der Waals surface area contributed by atoms with Crippen molar-refractivity contribution in [1.82, 2.24) is 5.32 Å². The first kappa shape index (κ1) is 9.47. The predicted octanol–water partition coefficient (Wildman–Crippen LogP) is 1.68. The highest BCUT2D eigenvalue weighted by Crippen LogP contribution is 2.30. The average molecular weight is 183 g/mol. The Kier molecular flexibility index (Phi) is 3.23. The lowest BCUT2D eigenvalue weighted by Crippen LogP contribution is -2.32. The van der Waals surface area contributed by atoms with Crippen molar-refractivity contribution in [2.45, 2.75) is 57.0 Å². The molecule has 2 aliphatic rings. The SMILES string of the molecule is OCC1CCC(CC2CCCC2)N1. The molecule has 13 heavy (non-hydrogen) atoms. The zero-order chi connectivity index (χ0) is 9.10. The van der Waals surface area contributed by atoms with Gasteiger partial charge in [0.1, 0.15) is 0 Å². The van der Waals surface area contributed by atoms with Gasteiger partial charge in [-0.05, 0) is 25.2 Å². The Hall–Kier alpha value is -0.0800. The lowest BCUT2D eigenvalue weighted by Gasteiger charge is -2.16. The minimum atomic E-state index is 0.321. The lowest BCUT2D eigenvalue weighted by atomic mass is 9.98. The van der Waals surface area contributed by atoms with Gasteiger partial charge in [-0.2, -0.15) is 0 Å².